The summed E-state index contributed by atoms with van der Waals surface area (Å²) in [5, 5.41) is 12.6. The quantitative estimate of drug-likeness (QED) is 0.369. The first kappa shape index (κ1) is 26.8. The number of carboxylic acids is 1. The Kier molecular flexibility index (Phi) is 7.77. The van der Waals surface area contributed by atoms with Crippen molar-refractivity contribution in [3.05, 3.63) is 27.4 Å². The fourth-order valence-electron chi connectivity index (χ4n) is 5.70. The standard InChI is InChI=1S/C29H36N2O3S3/c1-28(2,3)11-10-22-18-23(24(36-22)26(33)34)31(25(32)19-8-12-29(13-9-19)14-15-29)20-4-6-21(7-5-20)37-27-30-16-17-35-27/h16-21H,4-9,12-15H2,1-3H3,(H,33,34). The van der Waals surface area contributed by atoms with E-state index in [1.165, 1.54) is 24.2 Å². The second-order valence-electron chi connectivity index (χ2n) is 12.0. The maximum Gasteiger partial charge on any atom is 0.348 e. The highest BCUT2D eigenvalue weighted by Gasteiger charge is 2.47. The zero-order valence-corrected chi connectivity index (χ0v) is 24.4. The summed E-state index contributed by atoms with van der Waals surface area (Å²) >= 11 is 4.71. The molecule has 3 fully saturated rings. The number of carbonyl (C=O) groups is 2. The van der Waals surface area contributed by atoms with Gasteiger partial charge < -0.3 is 10.0 Å². The number of hydrogen-bond acceptors (Lipinski definition) is 6. The van der Waals surface area contributed by atoms with E-state index in [0.29, 0.717) is 21.2 Å². The van der Waals surface area contributed by atoms with Crippen LogP contribution in [0.5, 0.6) is 0 Å². The molecule has 0 aromatic carbocycles. The number of rotatable bonds is 6. The molecule has 2 heterocycles. The Morgan fingerprint density at radius 2 is 1.81 bits per heavy atom. The molecule has 0 unspecified atom stereocenters. The number of aromatic carboxylic acids is 1. The predicted octanol–water partition coefficient (Wildman–Crippen LogP) is 7.71. The number of thiazole rings is 1. The van der Waals surface area contributed by atoms with Gasteiger partial charge in [-0.2, -0.15) is 0 Å². The molecule has 0 aliphatic heterocycles. The maximum absolute atomic E-state index is 14.2. The molecule has 5 nitrogen and oxygen atoms in total. The van der Waals surface area contributed by atoms with Crippen LogP contribution in [0.1, 0.15) is 99.5 Å². The Labute approximate surface area is 232 Å². The fourth-order valence-corrected chi connectivity index (χ4v) is 8.62. The smallest absolute Gasteiger partial charge is 0.348 e. The molecular weight excluding hydrogens is 521 g/mol. The van der Waals surface area contributed by atoms with Crippen LogP contribution in [0.3, 0.4) is 0 Å². The van der Waals surface area contributed by atoms with Crippen molar-refractivity contribution in [3.63, 3.8) is 0 Å². The summed E-state index contributed by atoms with van der Waals surface area (Å²) < 4.78 is 1.10. The van der Waals surface area contributed by atoms with Gasteiger partial charge in [0, 0.05) is 34.2 Å². The normalized spacial score (nSPS) is 23.3. The fraction of sp³-hybridized carbons (Fsp3) is 0.621. The first-order chi connectivity index (χ1) is 17.6. The molecule has 1 N–H and O–H groups in total. The van der Waals surface area contributed by atoms with Gasteiger partial charge in [-0.15, -0.1) is 22.7 Å². The molecule has 0 radical (unpaired) electrons. The minimum Gasteiger partial charge on any atom is -0.477 e. The molecule has 1 spiro atoms. The van der Waals surface area contributed by atoms with E-state index in [4.69, 9.17) is 0 Å². The average molecular weight is 557 g/mol. The Morgan fingerprint density at radius 3 is 2.38 bits per heavy atom. The summed E-state index contributed by atoms with van der Waals surface area (Å²) in [6, 6.07) is 1.89. The SMILES string of the molecule is CC(C)(C)C#Cc1cc(N(C(=O)C2CCC3(CC2)CC3)C2CCC(Sc3nccs3)CC2)c(C(=O)O)s1. The van der Waals surface area contributed by atoms with Gasteiger partial charge in [0.05, 0.1) is 10.6 Å². The van der Waals surface area contributed by atoms with Gasteiger partial charge in [-0.05, 0) is 96.5 Å². The first-order valence-corrected chi connectivity index (χ1v) is 16.0. The molecule has 1 amide bonds. The maximum atomic E-state index is 14.2. The molecule has 0 atom stereocenters. The number of thiophene rings is 1. The zero-order valence-electron chi connectivity index (χ0n) is 21.9. The van der Waals surface area contributed by atoms with E-state index in [1.54, 1.807) is 11.3 Å². The first-order valence-electron chi connectivity index (χ1n) is 13.4. The van der Waals surface area contributed by atoms with E-state index in [2.05, 4.69) is 16.8 Å². The number of anilines is 1. The van der Waals surface area contributed by atoms with E-state index in [9.17, 15) is 14.7 Å². The molecule has 8 heteroatoms. The van der Waals surface area contributed by atoms with Crippen molar-refractivity contribution in [1.29, 1.82) is 0 Å². The van der Waals surface area contributed by atoms with Crippen molar-refractivity contribution in [2.45, 2.75) is 101 Å². The average Bonchev–Trinajstić information content (AvgIpc) is 3.23. The molecule has 37 heavy (non-hydrogen) atoms. The molecule has 0 bridgehead atoms. The van der Waals surface area contributed by atoms with E-state index in [-0.39, 0.29) is 28.2 Å². The molecule has 198 valence electrons. The van der Waals surface area contributed by atoms with E-state index in [0.717, 1.165) is 55.7 Å². The lowest BCUT2D eigenvalue weighted by molar-refractivity contribution is -0.124. The summed E-state index contributed by atoms with van der Waals surface area (Å²) in [6.07, 6.45) is 12.3. The monoisotopic (exact) mass is 556 g/mol. The van der Waals surface area contributed by atoms with Crippen molar-refractivity contribution in [3.8, 4) is 11.8 Å². The Balaban J connectivity index is 1.41. The largest absolute Gasteiger partial charge is 0.477 e. The van der Waals surface area contributed by atoms with Crippen molar-refractivity contribution >= 4 is 52.0 Å². The van der Waals surface area contributed by atoms with Crippen LogP contribution in [0.2, 0.25) is 0 Å². The highest BCUT2D eigenvalue weighted by Crippen LogP contribution is 2.57. The third kappa shape index (κ3) is 6.43. The van der Waals surface area contributed by atoms with Gasteiger partial charge in [-0.25, -0.2) is 9.78 Å². The van der Waals surface area contributed by atoms with Gasteiger partial charge in [0.1, 0.15) is 9.22 Å². The second-order valence-corrected chi connectivity index (χ2v) is 15.5. The van der Waals surface area contributed by atoms with Crippen LogP contribution < -0.4 is 4.90 Å². The van der Waals surface area contributed by atoms with Gasteiger partial charge >= 0.3 is 5.97 Å². The number of hydrogen-bond donors (Lipinski definition) is 1. The van der Waals surface area contributed by atoms with Crippen LogP contribution in [-0.4, -0.2) is 33.3 Å². The predicted molar refractivity (Wildman–Crippen MR) is 153 cm³/mol. The van der Waals surface area contributed by atoms with E-state index >= 15 is 0 Å². The van der Waals surface area contributed by atoms with Crippen LogP contribution in [0, 0.1) is 28.6 Å². The third-order valence-corrected chi connectivity index (χ3v) is 11.3. The van der Waals surface area contributed by atoms with Crippen molar-refractivity contribution in [2.24, 2.45) is 16.7 Å². The summed E-state index contributed by atoms with van der Waals surface area (Å²) in [5.74, 6) is 5.55. The van der Waals surface area contributed by atoms with Crippen molar-refractivity contribution in [1.82, 2.24) is 4.98 Å². The van der Waals surface area contributed by atoms with E-state index < -0.39 is 5.97 Å². The lowest BCUT2D eigenvalue weighted by atomic mass is 9.78. The topological polar surface area (TPSA) is 70.5 Å². The van der Waals surface area contributed by atoms with Gasteiger partial charge in [-0.3, -0.25) is 4.79 Å². The minimum absolute atomic E-state index is 0.0145. The number of nitrogens with zero attached hydrogens (tertiary/aromatic N) is 2. The number of aromatic nitrogens is 1. The van der Waals surface area contributed by atoms with Gasteiger partial charge in [-0.1, -0.05) is 23.6 Å². The molecule has 3 aliphatic rings. The summed E-state index contributed by atoms with van der Waals surface area (Å²) in [6.45, 7) is 6.13. The zero-order chi connectivity index (χ0) is 26.2. The molecule has 3 saturated carbocycles. The van der Waals surface area contributed by atoms with Gasteiger partial charge in [0.2, 0.25) is 5.91 Å². The lowest BCUT2D eigenvalue weighted by Gasteiger charge is -2.39. The molecule has 2 aromatic heterocycles. The van der Waals surface area contributed by atoms with Crippen molar-refractivity contribution < 1.29 is 14.7 Å². The lowest BCUT2D eigenvalue weighted by Crippen LogP contribution is -2.47. The molecule has 0 saturated heterocycles. The van der Waals surface area contributed by atoms with Crippen LogP contribution >= 0.6 is 34.4 Å². The number of carbonyl (C=O) groups excluding carboxylic acids is 1. The molecule has 3 aliphatic carbocycles. The molecule has 5 rings (SSSR count). The van der Waals surface area contributed by atoms with Crippen LogP contribution in [0.25, 0.3) is 0 Å². The van der Waals surface area contributed by atoms with Gasteiger partial charge in [0.15, 0.2) is 0 Å². The number of carboxylic acid groups (broad SMARTS) is 1. The number of amides is 1. The van der Waals surface area contributed by atoms with Crippen molar-refractivity contribution in [2.75, 3.05) is 4.90 Å². The molecular formula is C29H36N2O3S3. The summed E-state index contributed by atoms with van der Waals surface area (Å²) in [5.41, 5.74) is 0.887. The van der Waals surface area contributed by atoms with Crippen LogP contribution in [0.4, 0.5) is 5.69 Å². The van der Waals surface area contributed by atoms with Crippen LogP contribution in [0.15, 0.2) is 22.0 Å². The highest BCUT2D eigenvalue weighted by molar-refractivity contribution is 8.01. The minimum atomic E-state index is -0.977. The summed E-state index contributed by atoms with van der Waals surface area (Å²) in [7, 11) is 0. The second kappa shape index (κ2) is 10.7. The molecule has 2 aromatic rings. The third-order valence-electron chi connectivity index (χ3n) is 8.00. The Bertz CT molecular complexity index is 1180. The number of thioether (sulfide) groups is 1. The summed E-state index contributed by atoms with van der Waals surface area (Å²) in [4.78, 5) is 33.8. The Morgan fingerprint density at radius 1 is 1.11 bits per heavy atom. The van der Waals surface area contributed by atoms with E-state index in [1.807, 2.05) is 55.1 Å². The Hall–Kier alpha value is -1.82. The van der Waals surface area contributed by atoms with Gasteiger partial charge in [0.25, 0.3) is 0 Å². The highest BCUT2D eigenvalue weighted by atomic mass is 32.2. The van der Waals surface area contributed by atoms with Crippen LogP contribution in [-0.2, 0) is 4.79 Å².